The fourth-order valence-electron chi connectivity index (χ4n) is 3.00. The summed E-state index contributed by atoms with van der Waals surface area (Å²) in [5.41, 5.74) is 6.12. The van der Waals surface area contributed by atoms with Gasteiger partial charge in [-0.3, -0.25) is 9.59 Å². The average Bonchev–Trinajstić information content (AvgIpc) is 2.55. The number of aromatic amines is 1. The standard InChI is InChI=1S/C16H19N3O2/c17-8-11-4-3-7-19(10-11)16(21)14-9-18-15(20)13-6-2-1-5-12(13)14/h1-2,5-6,9,11H,3-4,7-8,10,17H2,(H,18,20). The van der Waals surface area contributed by atoms with E-state index in [1.165, 1.54) is 6.20 Å². The van der Waals surface area contributed by atoms with Gasteiger partial charge in [-0.1, -0.05) is 18.2 Å². The SMILES string of the molecule is NCC1CCCN(C(=O)c2c[nH]c(=O)c3ccccc23)C1. The van der Waals surface area contributed by atoms with E-state index in [4.69, 9.17) is 5.73 Å². The Labute approximate surface area is 122 Å². The molecule has 1 aromatic heterocycles. The second-order valence-corrected chi connectivity index (χ2v) is 5.57. The van der Waals surface area contributed by atoms with Crippen LogP contribution in [0.4, 0.5) is 0 Å². The van der Waals surface area contributed by atoms with Crippen molar-refractivity contribution in [2.45, 2.75) is 12.8 Å². The number of nitrogens with zero attached hydrogens (tertiary/aromatic N) is 1. The number of nitrogens with two attached hydrogens (primary N) is 1. The second-order valence-electron chi connectivity index (χ2n) is 5.57. The molecule has 0 spiro atoms. The Morgan fingerprint density at radius 3 is 2.86 bits per heavy atom. The lowest BCUT2D eigenvalue weighted by Crippen LogP contribution is -2.42. The molecule has 1 saturated heterocycles. The Morgan fingerprint density at radius 1 is 1.33 bits per heavy atom. The Bertz CT molecular complexity index is 723. The molecule has 0 aliphatic carbocycles. The van der Waals surface area contributed by atoms with E-state index in [-0.39, 0.29) is 11.5 Å². The summed E-state index contributed by atoms with van der Waals surface area (Å²) in [4.78, 5) is 29.1. The van der Waals surface area contributed by atoms with Crippen molar-refractivity contribution in [2.75, 3.05) is 19.6 Å². The van der Waals surface area contributed by atoms with Crippen molar-refractivity contribution in [1.29, 1.82) is 0 Å². The summed E-state index contributed by atoms with van der Waals surface area (Å²) in [6.45, 7) is 2.06. The molecule has 3 rings (SSSR count). The van der Waals surface area contributed by atoms with Gasteiger partial charge in [0.05, 0.1) is 5.56 Å². The Hall–Kier alpha value is -2.14. The minimum absolute atomic E-state index is 0.0272. The third-order valence-electron chi connectivity index (χ3n) is 4.18. The van der Waals surface area contributed by atoms with Crippen molar-refractivity contribution >= 4 is 16.7 Å². The molecular formula is C16H19N3O2. The van der Waals surface area contributed by atoms with Crippen LogP contribution in [0.25, 0.3) is 10.8 Å². The molecule has 0 radical (unpaired) electrons. The molecule has 1 amide bonds. The van der Waals surface area contributed by atoms with Gasteiger partial charge in [0, 0.05) is 30.1 Å². The van der Waals surface area contributed by atoms with Gasteiger partial charge in [-0.15, -0.1) is 0 Å². The fourth-order valence-corrected chi connectivity index (χ4v) is 3.00. The van der Waals surface area contributed by atoms with Crippen LogP contribution in [-0.4, -0.2) is 35.4 Å². The minimum atomic E-state index is -0.166. The summed E-state index contributed by atoms with van der Waals surface area (Å²) in [5, 5.41) is 1.26. The summed E-state index contributed by atoms with van der Waals surface area (Å²) in [6.07, 6.45) is 3.58. The van der Waals surface area contributed by atoms with Crippen LogP contribution < -0.4 is 11.3 Å². The number of likely N-dealkylation sites (tertiary alicyclic amines) is 1. The first-order valence-electron chi connectivity index (χ1n) is 7.30. The number of piperidine rings is 1. The molecule has 0 bridgehead atoms. The van der Waals surface area contributed by atoms with E-state index in [0.29, 0.717) is 35.3 Å². The number of aromatic nitrogens is 1. The lowest BCUT2D eigenvalue weighted by atomic mass is 9.97. The molecule has 3 N–H and O–H groups in total. The highest BCUT2D eigenvalue weighted by atomic mass is 16.2. The maximum Gasteiger partial charge on any atom is 0.255 e. The van der Waals surface area contributed by atoms with Crippen molar-refractivity contribution in [3.05, 3.63) is 46.4 Å². The molecule has 2 heterocycles. The maximum atomic E-state index is 12.7. The van der Waals surface area contributed by atoms with Gasteiger partial charge >= 0.3 is 0 Å². The monoisotopic (exact) mass is 285 g/mol. The Balaban J connectivity index is 1.98. The zero-order chi connectivity index (χ0) is 14.8. The molecule has 1 aliphatic rings. The average molecular weight is 285 g/mol. The van der Waals surface area contributed by atoms with Gasteiger partial charge in [-0.25, -0.2) is 0 Å². The number of amides is 1. The lowest BCUT2D eigenvalue weighted by Gasteiger charge is -2.32. The van der Waals surface area contributed by atoms with Gasteiger partial charge in [-0.05, 0) is 31.4 Å². The minimum Gasteiger partial charge on any atom is -0.338 e. The van der Waals surface area contributed by atoms with Crippen LogP contribution in [-0.2, 0) is 0 Å². The number of H-pyrrole nitrogens is 1. The van der Waals surface area contributed by atoms with Crippen molar-refractivity contribution in [3.8, 4) is 0 Å². The first-order chi connectivity index (χ1) is 10.2. The van der Waals surface area contributed by atoms with Gasteiger partial charge < -0.3 is 15.6 Å². The van der Waals surface area contributed by atoms with Crippen molar-refractivity contribution in [3.63, 3.8) is 0 Å². The molecular weight excluding hydrogens is 266 g/mol. The Kier molecular flexibility index (Phi) is 3.75. The van der Waals surface area contributed by atoms with Crippen LogP contribution in [0.2, 0.25) is 0 Å². The van der Waals surface area contributed by atoms with Crippen LogP contribution in [0.3, 0.4) is 0 Å². The van der Waals surface area contributed by atoms with E-state index in [2.05, 4.69) is 4.98 Å². The normalized spacial score (nSPS) is 18.9. The van der Waals surface area contributed by atoms with E-state index in [9.17, 15) is 9.59 Å². The quantitative estimate of drug-likeness (QED) is 0.874. The molecule has 1 aliphatic heterocycles. The second kappa shape index (κ2) is 5.69. The fraction of sp³-hybridized carbons (Fsp3) is 0.375. The molecule has 1 atom stereocenters. The van der Waals surface area contributed by atoms with E-state index >= 15 is 0 Å². The summed E-state index contributed by atoms with van der Waals surface area (Å²) in [7, 11) is 0. The van der Waals surface area contributed by atoms with Gasteiger partial charge in [0.2, 0.25) is 0 Å². The predicted octanol–water partition coefficient (Wildman–Crippen LogP) is 1.34. The van der Waals surface area contributed by atoms with Crippen LogP contribution in [0.5, 0.6) is 0 Å². The summed E-state index contributed by atoms with van der Waals surface area (Å²) in [6, 6.07) is 7.21. The summed E-state index contributed by atoms with van der Waals surface area (Å²) < 4.78 is 0. The van der Waals surface area contributed by atoms with Crippen LogP contribution in [0.15, 0.2) is 35.3 Å². The number of nitrogens with one attached hydrogen (secondary N) is 1. The van der Waals surface area contributed by atoms with Gasteiger partial charge in [0.1, 0.15) is 0 Å². The zero-order valence-electron chi connectivity index (χ0n) is 11.8. The number of carbonyl (C=O) groups is 1. The summed E-state index contributed by atoms with van der Waals surface area (Å²) >= 11 is 0. The first kappa shape index (κ1) is 13.8. The van der Waals surface area contributed by atoms with Gasteiger partial charge in [0.25, 0.3) is 11.5 Å². The number of rotatable bonds is 2. The molecule has 5 heteroatoms. The molecule has 1 unspecified atom stereocenters. The largest absolute Gasteiger partial charge is 0.338 e. The van der Waals surface area contributed by atoms with Crippen LogP contribution in [0.1, 0.15) is 23.2 Å². The van der Waals surface area contributed by atoms with Crippen LogP contribution in [0, 0.1) is 5.92 Å². The number of carbonyl (C=O) groups excluding carboxylic acids is 1. The van der Waals surface area contributed by atoms with Crippen molar-refractivity contribution in [2.24, 2.45) is 11.7 Å². The number of benzene rings is 1. The van der Waals surface area contributed by atoms with E-state index in [1.807, 2.05) is 17.0 Å². The molecule has 5 nitrogen and oxygen atoms in total. The van der Waals surface area contributed by atoms with Crippen molar-refractivity contribution in [1.82, 2.24) is 9.88 Å². The number of fused-ring (bicyclic) bond motifs is 1. The van der Waals surface area contributed by atoms with Crippen molar-refractivity contribution < 1.29 is 4.79 Å². The molecule has 2 aromatic rings. The highest BCUT2D eigenvalue weighted by Gasteiger charge is 2.25. The van der Waals surface area contributed by atoms with Crippen LogP contribution >= 0.6 is 0 Å². The zero-order valence-corrected chi connectivity index (χ0v) is 11.8. The van der Waals surface area contributed by atoms with E-state index in [1.54, 1.807) is 12.1 Å². The highest BCUT2D eigenvalue weighted by molar-refractivity contribution is 6.06. The number of hydrogen-bond donors (Lipinski definition) is 2. The topological polar surface area (TPSA) is 79.2 Å². The smallest absolute Gasteiger partial charge is 0.255 e. The van der Waals surface area contributed by atoms with Gasteiger partial charge in [0.15, 0.2) is 0 Å². The van der Waals surface area contributed by atoms with E-state index < -0.39 is 0 Å². The third kappa shape index (κ3) is 2.56. The third-order valence-corrected chi connectivity index (χ3v) is 4.18. The van der Waals surface area contributed by atoms with E-state index in [0.717, 1.165) is 19.4 Å². The first-order valence-corrected chi connectivity index (χ1v) is 7.30. The Morgan fingerprint density at radius 2 is 2.10 bits per heavy atom. The maximum absolute atomic E-state index is 12.7. The molecule has 21 heavy (non-hydrogen) atoms. The number of hydrogen-bond acceptors (Lipinski definition) is 3. The lowest BCUT2D eigenvalue weighted by molar-refractivity contribution is 0.0680. The predicted molar refractivity (Wildman–Crippen MR) is 82.3 cm³/mol. The number of pyridine rings is 1. The highest BCUT2D eigenvalue weighted by Crippen LogP contribution is 2.21. The molecule has 1 aromatic carbocycles. The van der Waals surface area contributed by atoms with Gasteiger partial charge in [-0.2, -0.15) is 0 Å². The molecule has 1 fully saturated rings. The molecule has 110 valence electrons. The molecule has 0 saturated carbocycles. The summed E-state index contributed by atoms with van der Waals surface area (Å²) in [5.74, 6) is 0.345.